The zero-order valence-corrected chi connectivity index (χ0v) is 15.3. The highest BCUT2D eigenvalue weighted by molar-refractivity contribution is 5.79. The third-order valence-electron chi connectivity index (χ3n) is 4.86. The van der Waals surface area contributed by atoms with Crippen LogP contribution in [-0.4, -0.2) is 58.9 Å². The zero-order chi connectivity index (χ0) is 17.5. The Hall–Kier alpha value is -1.79. The van der Waals surface area contributed by atoms with Crippen LogP contribution >= 0.6 is 0 Å². The molecule has 1 aliphatic rings. The van der Waals surface area contributed by atoms with Crippen LogP contribution in [-0.2, 0) is 11.3 Å². The van der Waals surface area contributed by atoms with Gasteiger partial charge in [-0.15, -0.1) is 0 Å². The van der Waals surface area contributed by atoms with Crippen molar-refractivity contribution in [3.63, 3.8) is 0 Å². The van der Waals surface area contributed by atoms with Crippen LogP contribution in [0.4, 0.5) is 0 Å². The van der Waals surface area contributed by atoms with Crippen LogP contribution in [0.3, 0.4) is 0 Å². The summed E-state index contributed by atoms with van der Waals surface area (Å²) in [7, 11) is 3.32. The van der Waals surface area contributed by atoms with Crippen LogP contribution in [0.25, 0.3) is 0 Å². The number of hydrogen-bond acceptors (Lipinski definition) is 3. The molecule has 2 rings (SSSR count). The molecular weight excluding hydrogens is 306 g/mol. The fourth-order valence-electron chi connectivity index (χ4n) is 3.33. The number of ether oxygens (including phenoxy) is 2. The van der Waals surface area contributed by atoms with E-state index < -0.39 is 0 Å². The minimum Gasteiger partial charge on any atom is -0.493 e. The second-order valence-electron chi connectivity index (χ2n) is 6.39. The SMILES string of the molecule is CCNC(=O)[C@H](C)[NH+]1CC[NH+](Cc2ccc(OC)c(OC)c2)CC1. The van der Waals surface area contributed by atoms with Gasteiger partial charge in [-0.1, -0.05) is 0 Å². The maximum atomic E-state index is 12.0. The molecule has 134 valence electrons. The van der Waals surface area contributed by atoms with Crippen molar-refractivity contribution >= 4 is 5.91 Å². The molecule has 1 aliphatic heterocycles. The van der Waals surface area contributed by atoms with Gasteiger partial charge in [-0.3, -0.25) is 4.79 Å². The molecule has 1 aromatic carbocycles. The highest BCUT2D eigenvalue weighted by Crippen LogP contribution is 2.27. The van der Waals surface area contributed by atoms with E-state index in [1.165, 1.54) is 10.5 Å². The Balaban J connectivity index is 1.88. The largest absolute Gasteiger partial charge is 0.493 e. The number of methoxy groups -OCH3 is 2. The van der Waals surface area contributed by atoms with Crippen molar-refractivity contribution in [3.05, 3.63) is 23.8 Å². The normalized spacial score (nSPS) is 21.8. The molecule has 1 fully saturated rings. The molecule has 0 aliphatic carbocycles. The van der Waals surface area contributed by atoms with Gasteiger partial charge in [0, 0.05) is 12.1 Å². The van der Waals surface area contributed by atoms with E-state index in [-0.39, 0.29) is 11.9 Å². The number of quaternary nitrogens is 2. The molecule has 1 heterocycles. The Morgan fingerprint density at radius 3 is 2.42 bits per heavy atom. The molecule has 0 unspecified atom stereocenters. The first kappa shape index (κ1) is 18.5. The Morgan fingerprint density at radius 2 is 1.83 bits per heavy atom. The first-order valence-corrected chi connectivity index (χ1v) is 8.75. The van der Waals surface area contributed by atoms with Crippen LogP contribution in [0, 0.1) is 0 Å². The van der Waals surface area contributed by atoms with E-state index in [1.54, 1.807) is 19.1 Å². The van der Waals surface area contributed by atoms with Gasteiger partial charge in [0.05, 0.1) is 14.2 Å². The van der Waals surface area contributed by atoms with Crippen molar-refractivity contribution < 1.29 is 24.1 Å². The van der Waals surface area contributed by atoms with Crippen LogP contribution < -0.4 is 24.6 Å². The van der Waals surface area contributed by atoms with Crippen LogP contribution in [0.2, 0.25) is 0 Å². The molecule has 0 radical (unpaired) electrons. The Labute approximate surface area is 144 Å². The third kappa shape index (κ3) is 4.61. The number of rotatable bonds is 7. The molecule has 1 aromatic rings. The summed E-state index contributed by atoms with van der Waals surface area (Å²) < 4.78 is 10.7. The smallest absolute Gasteiger partial charge is 0.278 e. The molecule has 1 amide bonds. The number of amides is 1. The monoisotopic (exact) mass is 337 g/mol. The summed E-state index contributed by atoms with van der Waals surface area (Å²) in [6.45, 7) is 9.88. The minimum absolute atomic E-state index is 0.0348. The number of carbonyl (C=O) groups excluding carboxylic acids is 1. The standard InChI is InChI=1S/C18H29N3O3/c1-5-19-18(22)14(2)21-10-8-20(9-11-21)13-15-6-7-16(23-3)17(12-15)24-4/h6-7,12,14H,5,8-11,13H2,1-4H3,(H,19,22)/p+2/t14-/m0/s1. The van der Waals surface area contributed by atoms with Crippen LogP contribution in [0.15, 0.2) is 18.2 Å². The van der Waals surface area contributed by atoms with Crippen molar-refractivity contribution in [2.75, 3.05) is 46.9 Å². The summed E-state index contributed by atoms with van der Waals surface area (Å²) in [6.07, 6.45) is 0. The summed E-state index contributed by atoms with van der Waals surface area (Å²) in [5, 5.41) is 2.92. The summed E-state index contributed by atoms with van der Waals surface area (Å²) >= 11 is 0. The molecule has 0 bridgehead atoms. The lowest BCUT2D eigenvalue weighted by atomic mass is 10.1. The quantitative estimate of drug-likeness (QED) is 0.568. The van der Waals surface area contributed by atoms with E-state index in [1.807, 2.05) is 19.9 Å². The molecule has 1 saturated heterocycles. The van der Waals surface area contributed by atoms with Gasteiger partial charge in [0.2, 0.25) is 0 Å². The van der Waals surface area contributed by atoms with Gasteiger partial charge >= 0.3 is 0 Å². The van der Waals surface area contributed by atoms with Gasteiger partial charge in [-0.25, -0.2) is 0 Å². The summed E-state index contributed by atoms with van der Waals surface area (Å²) in [5.74, 6) is 1.71. The highest BCUT2D eigenvalue weighted by Gasteiger charge is 2.30. The fourth-order valence-corrected chi connectivity index (χ4v) is 3.33. The van der Waals surface area contributed by atoms with Gasteiger partial charge in [0.1, 0.15) is 32.7 Å². The lowest BCUT2D eigenvalue weighted by Crippen LogP contribution is -3.29. The Morgan fingerprint density at radius 1 is 1.17 bits per heavy atom. The van der Waals surface area contributed by atoms with Crippen LogP contribution in [0.5, 0.6) is 11.5 Å². The second kappa shape index (κ2) is 8.89. The predicted octanol–water partition coefficient (Wildman–Crippen LogP) is -1.49. The number of nitrogens with one attached hydrogen (secondary N) is 3. The Bertz CT molecular complexity index is 542. The van der Waals surface area contributed by atoms with E-state index in [4.69, 9.17) is 9.47 Å². The predicted molar refractivity (Wildman–Crippen MR) is 92.8 cm³/mol. The topological polar surface area (TPSA) is 56.4 Å². The van der Waals surface area contributed by atoms with E-state index in [0.29, 0.717) is 6.54 Å². The van der Waals surface area contributed by atoms with Gasteiger partial charge in [-0.2, -0.15) is 0 Å². The number of benzene rings is 1. The highest BCUT2D eigenvalue weighted by atomic mass is 16.5. The van der Waals surface area contributed by atoms with E-state index >= 15 is 0 Å². The first-order valence-electron chi connectivity index (χ1n) is 8.75. The summed E-state index contributed by atoms with van der Waals surface area (Å²) in [5.41, 5.74) is 1.25. The average molecular weight is 337 g/mol. The van der Waals surface area contributed by atoms with E-state index in [2.05, 4.69) is 17.4 Å². The molecule has 0 saturated carbocycles. The number of carbonyl (C=O) groups is 1. The van der Waals surface area contributed by atoms with Gasteiger partial charge in [0.25, 0.3) is 5.91 Å². The van der Waals surface area contributed by atoms with Gasteiger partial charge in [-0.05, 0) is 32.0 Å². The van der Waals surface area contributed by atoms with Crippen molar-refractivity contribution in [1.29, 1.82) is 0 Å². The molecule has 0 aromatic heterocycles. The molecule has 24 heavy (non-hydrogen) atoms. The maximum absolute atomic E-state index is 12.0. The number of piperazine rings is 1. The van der Waals surface area contributed by atoms with Gasteiger partial charge in [0.15, 0.2) is 17.5 Å². The lowest BCUT2D eigenvalue weighted by Gasteiger charge is -2.32. The maximum Gasteiger partial charge on any atom is 0.278 e. The first-order chi connectivity index (χ1) is 11.6. The molecular formula is C18H31N3O3+2. The molecule has 1 atom stereocenters. The summed E-state index contributed by atoms with van der Waals surface area (Å²) in [6, 6.07) is 6.16. The zero-order valence-electron chi connectivity index (χ0n) is 15.3. The third-order valence-corrected chi connectivity index (χ3v) is 4.86. The molecule has 6 heteroatoms. The second-order valence-corrected chi connectivity index (χ2v) is 6.39. The molecule has 0 spiro atoms. The molecule has 3 N–H and O–H groups in total. The van der Waals surface area contributed by atoms with Crippen molar-refractivity contribution in [3.8, 4) is 11.5 Å². The Kier molecular flexibility index (Phi) is 6.87. The van der Waals surface area contributed by atoms with E-state index in [0.717, 1.165) is 44.2 Å². The fraction of sp³-hybridized carbons (Fsp3) is 0.611. The average Bonchev–Trinajstić information content (AvgIpc) is 2.61. The van der Waals surface area contributed by atoms with Gasteiger partial charge < -0.3 is 24.6 Å². The number of likely N-dealkylation sites (N-methyl/N-ethyl adjacent to an activating group) is 1. The molecule has 6 nitrogen and oxygen atoms in total. The summed E-state index contributed by atoms with van der Waals surface area (Å²) in [4.78, 5) is 14.9. The van der Waals surface area contributed by atoms with Crippen molar-refractivity contribution in [2.45, 2.75) is 26.4 Å². The number of hydrogen-bond donors (Lipinski definition) is 3. The minimum atomic E-state index is 0.0348. The van der Waals surface area contributed by atoms with Crippen molar-refractivity contribution in [1.82, 2.24) is 5.32 Å². The lowest BCUT2D eigenvalue weighted by molar-refractivity contribution is -1.02. The van der Waals surface area contributed by atoms with E-state index in [9.17, 15) is 4.79 Å². The van der Waals surface area contributed by atoms with Crippen LogP contribution in [0.1, 0.15) is 19.4 Å². The van der Waals surface area contributed by atoms with Crippen molar-refractivity contribution in [2.24, 2.45) is 0 Å².